The molecule has 1 aromatic carbocycles. The second kappa shape index (κ2) is 6.37. The van der Waals surface area contributed by atoms with Gasteiger partial charge in [-0.15, -0.1) is 0 Å². The molecule has 0 saturated heterocycles. The molecule has 1 N–H and O–H groups in total. The van der Waals surface area contributed by atoms with Crippen molar-refractivity contribution in [3.63, 3.8) is 0 Å². The minimum absolute atomic E-state index is 0.0577. The number of carbonyl (C=O) groups excluding carboxylic acids is 1. The summed E-state index contributed by atoms with van der Waals surface area (Å²) in [4.78, 5) is 21.8. The maximum Gasteiger partial charge on any atom is 0.433 e. The summed E-state index contributed by atoms with van der Waals surface area (Å²) < 4.78 is 4.89. The summed E-state index contributed by atoms with van der Waals surface area (Å²) in [5, 5.41) is 22.1. The summed E-state index contributed by atoms with van der Waals surface area (Å²) in [5.74, 6) is -1.02. The van der Waals surface area contributed by atoms with Crippen molar-refractivity contribution in [1.29, 1.82) is 5.26 Å². The van der Waals surface area contributed by atoms with Crippen LogP contribution in [0, 0.1) is 28.4 Å². The zero-order chi connectivity index (χ0) is 16.1. The molecule has 0 unspecified atom stereocenters. The van der Waals surface area contributed by atoms with Crippen molar-refractivity contribution in [3.8, 4) is 6.07 Å². The number of furan rings is 1. The molecule has 0 fully saturated rings. The van der Waals surface area contributed by atoms with Crippen molar-refractivity contribution in [2.75, 3.05) is 5.32 Å². The van der Waals surface area contributed by atoms with Crippen LogP contribution in [0.25, 0.3) is 6.08 Å². The lowest BCUT2D eigenvalue weighted by Crippen LogP contribution is -2.13. The molecule has 1 aromatic heterocycles. The van der Waals surface area contributed by atoms with Gasteiger partial charge in [0.1, 0.15) is 22.3 Å². The third kappa shape index (κ3) is 3.58. The fourth-order valence-corrected chi connectivity index (χ4v) is 1.64. The summed E-state index contributed by atoms with van der Waals surface area (Å²) in [6, 6.07) is 11.3. The number of hydrogen-bond acceptors (Lipinski definition) is 5. The Morgan fingerprint density at radius 1 is 1.32 bits per heavy atom. The van der Waals surface area contributed by atoms with Crippen LogP contribution in [0.1, 0.15) is 11.3 Å². The van der Waals surface area contributed by atoms with Crippen LogP contribution in [0.2, 0.25) is 0 Å². The lowest BCUT2D eigenvalue weighted by atomic mass is 10.2. The maximum absolute atomic E-state index is 12.0. The zero-order valence-corrected chi connectivity index (χ0v) is 11.6. The Morgan fingerprint density at radius 2 is 2.00 bits per heavy atom. The minimum atomic E-state index is -0.699. The summed E-state index contributed by atoms with van der Waals surface area (Å²) in [7, 11) is 0. The number of benzene rings is 1. The van der Waals surface area contributed by atoms with Gasteiger partial charge in [-0.2, -0.15) is 5.26 Å². The number of nitriles is 1. The van der Waals surface area contributed by atoms with E-state index in [0.29, 0.717) is 5.69 Å². The Hall–Kier alpha value is -3.40. The Kier molecular flexibility index (Phi) is 4.34. The maximum atomic E-state index is 12.0. The number of amides is 1. The molecule has 1 amide bonds. The number of carbonyl (C=O) groups is 1. The van der Waals surface area contributed by atoms with Crippen LogP contribution in [0.15, 0.2) is 46.4 Å². The van der Waals surface area contributed by atoms with E-state index >= 15 is 0 Å². The number of anilines is 1. The predicted molar refractivity (Wildman–Crippen MR) is 78.8 cm³/mol. The number of aryl methyl sites for hydroxylation is 1. The Labute approximate surface area is 125 Å². The highest BCUT2D eigenvalue weighted by Gasteiger charge is 2.14. The van der Waals surface area contributed by atoms with Gasteiger partial charge in [-0.25, -0.2) is 0 Å². The molecule has 2 aromatic rings. The van der Waals surface area contributed by atoms with E-state index in [9.17, 15) is 14.9 Å². The first kappa shape index (κ1) is 15.0. The van der Waals surface area contributed by atoms with Crippen molar-refractivity contribution < 1.29 is 14.1 Å². The van der Waals surface area contributed by atoms with Crippen molar-refractivity contribution in [1.82, 2.24) is 0 Å². The second-order valence-corrected chi connectivity index (χ2v) is 4.42. The number of rotatable bonds is 4. The molecule has 0 aliphatic carbocycles. The van der Waals surface area contributed by atoms with Crippen molar-refractivity contribution in [2.45, 2.75) is 6.92 Å². The van der Waals surface area contributed by atoms with Crippen LogP contribution >= 0.6 is 0 Å². The molecule has 1 heterocycles. The van der Waals surface area contributed by atoms with Gasteiger partial charge in [0, 0.05) is 11.8 Å². The molecule has 0 bridgehead atoms. The standard InChI is InChI=1S/C15H11N3O4/c1-10-2-4-12(5-3-10)17-15(19)11(9-16)8-13-6-7-14(22-13)18(20)21/h2-8H,1H3,(H,17,19)/b11-8-. The molecule has 0 radical (unpaired) electrons. The molecule has 0 aliphatic heterocycles. The van der Waals surface area contributed by atoms with E-state index in [2.05, 4.69) is 5.32 Å². The van der Waals surface area contributed by atoms with Crippen LogP contribution in [0.3, 0.4) is 0 Å². The van der Waals surface area contributed by atoms with Gasteiger partial charge in [0.25, 0.3) is 5.91 Å². The Balaban J connectivity index is 2.17. The summed E-state index contributed by atoms with van der Waals surface area (Å²) in [6.45, 7) is 1.91. The highest BCUT2D eigenvalue weighted by Crippen LogP contribution is 2.18. The molecule has 110 valence electrons. The third-order valence-corrected chi connectivity index (χ3v) is 2.75. The average molecular weight is 297 g/mol. The van der Waals surface area contributed by atoms with Crippen LogP contribution in [-0.4, -0.2) is 10.8 Å². The van der Waals surface area contributed by atoms with Gasteiger partial charge in [0.2, 0.25) is 0 Å². The first-order valence-corrected chi connectivity index (χ1v) is 6.23. The Morgan fingerprint density at radius 3 is 2.55 bits per heavy atom. The molecular weight excluding hydrogens is 286 g/mol. The van der Waals surface area contributed by atoms with Crippen molar-refractivity contribution in [2.24, 2.45) is 0 Å². The summed E-state index contributed by atoms with van der Waals surface area (Å²) >= 11 is 0. The van der Waals surface area contributed by atoms with Crippen LogP contribution in [-0.2, 0) is 4.79 Å². The van der Waals surface area contributed by atoms with Gasteiger partial charge < -0.3 is 9.73 Å². The minimum Gasteiger partial charge on any atom is -0.401 e. The van der Waals surface area contributed by atoms with Crippen molar-refractivity contribution in [3.05, 3.63) is 63.4 Å². The first-order chi connectivity index (χ1) is 10.5. The fourth-order valence-electron chi connectivity index (χ4n) is 1.64. The van der Waals surface area contributed by atoms with Crippen LogP contribution < -0.4 is 5.32 Å². The smallest absolute Gasteiger partial charge is 0.401 e. The van der Waals surface area contributed by atoms with Gasteiger partial charge in [-0.05, 0) is 25.1 Å². The van der Waals surface area contributed by atoms with Crippen LogP contribution in [0.4, 0.5) is 11.6 Å². The Bertz CT molecular complexity index is 782. The lowest BCUT2D eigenvalue weighted by Gasteiger charge is -2.04. The molecule has 7 heteroatoms. The second-order valence-electron chi connectivity index (χ2n) is 4.42. The van der Waals surface area contributed by atoms with E-state index in [-0.39, 0.29) is 11.3 Å². The van der Waals surface area contributed by atoms with E-state index in [1.165, 1.54) is 6.07 Å². The van der Waals surface area contributed by atoms with E-state index in [0.717, 1.165) is 17.7 Å². The number of nitrogens with one attached hydrogen (secondary N) is 1. The van der Waals surface area contributed by atoms with Crippen molar-refractivity contribution >= 4 is 23.6 Å². The highest BCUT2D eigenvalue weighted by atomic mass is 16.6. The third-order valence-electron chi connectivity index (χ3n) is 2.75. The largest absolute Gasteiger partial charge is 0.433 e. The normalized spacial score (nSPS) is 10.8. The number of nitro groups is 1. The molecular formula is C15H11N3O4. The van der Waals surface area contributed by atoms with Crippen LogP contribution in [0.5, 0.6) is 0 Å². The quantitative estimate of drug-likeness (QED) is 0.403. The number of nitrogens with zero attached hydrogens (tertiary/aromatic N) is 2. The molecule has 22 heavy (non-hydrogen) atoms. The topological polar surface area (TPSA) is 109 Å². The average Bonchev–Trinajstić information content (AvgIpc) is 2.96. The monoisotopic (exact) mass is 297 g/mol. The van der Waals surface area contributed by atoms with Gasteiger partial charge >= 0.3 is 5.88 Å². The zero-order valence-electron chi connectivity index (χ0n) is 11.6. The molecule has 2 rings (SSSR count). The van der Waals surface area contributed by atoms with Gasteiger partial charge in [-0.1, -0.05) is 17.7 Å². The fraction of sp³-hybridized carbons (Fsp3) is 0.0667. The lowest BCUT2D eigenvalue weighted by molar-refractivity contribution is -0.402. The summed E-state index contributed by atoms with van der Waals surface area (Å²) in [5.41, 5.74) is 1.36. The van der Waals surface area contributed by atoms with E-state index in [1.54, 1.807) is 18.2 Å². The number of hydrogen-bond donors (Lipinski definition) is 1. The van der Waals surface area contributed by atoms with Gasteiger partial charge in [0.15, 0.2) is 0 Å². The summed E-state index contributed by atoms with van der Waals surface area (Å²) in [6.07, 6.45) is 1.15. The van der Waals surface area contributed by atoms with Gasteiger partial charge in [0.05, 0.1) is 6.07 Å². The first-order valence-electron chi connectivity index (χ1n) is 6.23. The van der Waals surface area contributed by atoms with Gasteiger partial charge in [-0.3, -0.25) is 14.9 Å². The van der Waals surface area contributed by atoms with E-state index < -0.39 is 16.7 Å². The molecule has 0 aliphatic rings. The highest BCUT2D eigenvalue weighted by molar-refractivity contribution is 6.09. The molecule has 7 nitrogen and oxygen atoms in total. The van der Waals surface area contributed by atoms with E-state index in [4.69, 9.17) is 9.68 Å². The SMILES string of the molecule is Cc1ccc(NC(=O)/C(C#N)=C\c2ccc([N+](=O)[O-])o2)cc1. The molecule has 0 atom stereocenters. The predicted octanol–water partition coefficient (Wildman–Crippen LogP) is 3.04. The molecule has 0 saturated carbocycles. The molecule has 0 spiro atoms. The van der Waals surface area contributed by atoms with E-state index in [1.807, 2.05) is 19.1 Å².